The molecule has 1 fully saturated rings. The van der Waals surface area contributed by atoms with Gasteiger partial charge in [0, 0.05) is 0 Å². The Kier molecular flexibility index (Phi) is 2.45. The van der Waals surface area contributed by atoms with Gasteiger partial charge in [0.05, 0.1) is 6.04 Å². The van der Waals surface area contributed by atoms with E-state index in [1.54, 1.807) is 0 Å². The Morgan fingerprint density at radius 3 is 2.00 bits per heavy atom. The van der Waals surface area contributed by atoms with Crippen LogP contribution in [0.3, 0.4) is 0 Å². The van der Waals surface area contributed by atoms with E-state index in [-0.39, 0.29) is 0 Å². The lowest BCUT2D eigenvalue weighted by atomic mass is 9.85. The smallest absolute Gasteiger partial charge is 0.194 e. The lowest BCUT2D eigenvalue weighted by molar-refractivity contribution is -0.164. The molecule has 0 saturated heterocycles. The van der Waals surface area contributed by atoms with Crippen molar-refractivity contribution in [3.8, 4) is 0 Å². The van der Waals surface area contributed by atoms with Crippen LogP contribution in [0.4, 0.5) is 0 Å². The number of Topliss-reactive ketones (excluding diaryl/α,β-unsaturated/α-hetero) is 1. The summed E-state index contributed by atoms with van der Waals surface area (Å²) < 4.78 is 0. The molecule has 6 N–H and O–H groups in total. The third-order valence-electron chi connectivity index (χ3n) is 2.02. The molecule has 6 nitrogen and oxygen atoms in total. The Bertz CT molecular complexity index is 178. The van der Waals surface area contributed by atoms with Crippen molar-refractivity contribution in [3.05, 3.63) is 0 Å². The Morgan fingerprint density at radius 1 is 1.00 bits per heavy atom. The standard InChI is InChI=1S/C6H11NO5/c7-1-2(8)4(10)6(12)5(11)3(1)9/h1-4,6,8-10,12H,7H2/t1-,2-,3+,4+,6-/m0/s1. The number of carbonyl (C=O) groups excluding carboxylic acids is 1. The van der Waals surface area contributed by atoms with E-state index in [0.717, 1.165) is 0 Å². The molecule has 1 rings (SSSR count). The molecular formula is C6H11NO5. The molecule has 0 bridgehead atoms. The van der Waals surface area contributed by atoms with Crippen molar-refractivity contribution in [3.63, 3.8) is 0 Å². The van der Waals surface area contributed by atoms with Gasteiger partial charge in [-0.15, -0.1) is 0 Å². The molecule has 0 aromatic rings. The van der Waals surface area contributed by atoms with E-state index < -0.39 is 36.2 Å². The third kappa shape index (κ3) is 1.23. The fourth-order valence-corrected chi connectivity index (χ4v) is 1.13. The van der Waals surface area contributed by atoms with Gasteiger partial charge < -0.3 is 26.2 Å². The maximum Gasteiger partial charge on any atom is 0.194 e. The monoisotopic (exact) mass is 177 g/mol. The molecule has 1 aliphatic carbocycles. The van der Waals surface area contributed by atoms with Crippen LogP contribution in [0.1, 0.15) is 0 Å². The minimum Gasteiger partial charge on any atom is -0.389 e. The molecule has 0 aromatic carbocycles. The predicted molar refractivity (Wildman–Crippen MR) is 37.0 cm³/mol. The van der Waals surface area contributed by atoms with E-state index in [4.69, 9.17) is 26.2 Å². The van der Waals surface area contributed by atoms with Crippen molar-refractivity contribution in [2.75, 3.05) is 0 Å². The molecule has 1 saturated carbocycles. The second-order valence-electron chi connectivity index (χ2n) is 2.85. The summed E-state index contributed by atoms with van der Waals surface area (Å²) in [7, 11) is 0. The summed E-state index contributed by atoms with van der Waals surface area (Å²) in [5.74, 6) is -0.958. The van der Waals surface area contributed by atoms with Crippen LogP contribution in [0, 0.1) is 0 Å². The van der Waals surface area contributed by atoms with Crippen LogP contribution < -0.4 is 5.73 Å². The predicted octanol–water partition coefficient (Wildman–Crippen LogP) is -3.66. The number of nitrogens with two attached hydrogens (primary N) is 1. The van der Waals surface area contributed by atoms with Gasteiger partial charge in [0.15, 0.2) is 5.78 Å². The van der Waals surface area contributed by atoms with Gasteiger partial charge in [0.2, 0.25) is 0 Å². The van der Waals surface area contributed by atoms with Gasteiger partial charge in [-0.05, 0) is 0 Å². The SMILES string of the molecule is N[C@H]1[C@H](O)[C@@H](O)[C@H](O)C(=O)[C@@H]1O. The zero-order chi connectivity index (χ0) is 9.46. The van der Waals surface area contributed by atoms with Crippen molar-refractivity contribution >= 4 is 5.78 Å². The minimum absolute atomic E-state index is 0.958. The molecule has 12 heavy (non-hydrogen) atoms. The second kappa shape index (κ2) is 3.08. The topological polar surface area (TPSA) is 124 Å². The number of aliphatic hydroxyl groups excluding tert-OH is 4. The molecule has 70 valence electrons. The van der Waals surface area contributed by atoms with E-state index >= 15 is 0 Å². The first-order valence-corrected chi connectivity index (χ1v) is 3.48. The third-order valence-corrected chi connectivity index (χ3v) is 2.02. The molecule has 1 aliphatic rings. The molecule has 0 heterocycles. The lowest BCUT2D eigenvalue weighted by Gasteiger charge is -2.35. The summed E-state index contributed by atoms with van der Waals surface area (Å²) in [5, 5.41) is 36.0. The number of aliphatic hydroxyl groups is 4. The van der Waals surface area contributed by atoms with Crippen LogP contribution in [0.15, 0.2) is 0 Å². The summed E-state index contributed by atoms with van der Waals surface area (Å²) in [4.78, 5) is 10.8. The molecule has 0 aromatic heterocycles. The normalized spacial score (nSPS) is 49.4. The highest BCUT2D eigenvalue weighted by molar-refractivity contribution is 5.89. The van der Waals surface area contributed by atoms with Crippen molar-refractivity contribution in [2.24, 2.45) is 5.73 Å². The number of hydrogen-bond donors (Lipinski definition) is 5. The average molecular weight is 177 g/mol. The fourth-order valence-electron chi connectivity index (χ4n) is 1.13. The summed E-state index contributed by atoms with van der Waals surface area (Å²) in [6, 6.07) is -1.24. The second-order valence-corrected chi connectivity index (χ2v) is 2.85. The van der Waals surface area contributed by atoms with E-state index in [0.29, 0.717) is 0 Å². The van der Waals surface area contributed by atoms with Crippen molar-refractivity contribution in [1.82, 2.24) is 0 Å². The van der Waals surface area contributed by atoms with E-state index in [1.165, 1.54) is 0 Å². The van der Waals surface area contributed by atoms with Crippen LogP contribution in [-0.2, 0) is 4.79 Å². The first-order valence-electron chi connectivity index (χ1n) is 3.48. The Balaban J connectivity index is 2.83. The first-order chi connectivity index (χ1) is 5.46. The van der Waals surface area contributed by atoms with Gasteiger partial charge in [-0.2, -0.15) is 0 Å². The summed E-state index contributed by atoms with van der Waals surface area (Å²) in [6.45, 7) is 0. The summed E-state index contributed by atoms with van der Waals surface area (Å²) >= 11 is 0. The summed E-state index contributed by atoms with van der Waals surface area (Å²) in [6.07, 6.45) is -6.46. The van der Waals surface area contributed by atoms with E-state index in [9.17, 15) is 4.79 Å². The van der Waals surface area contributed by atoms with Gasteiger partial charge >= 0.3 is 0 Å². The number of hydrogen-bond acceptors (Lipinski definition) is 6. The fraction of sp³-hybridized carbons (Fsp3) is 0.833. The van der Waals surface area contributed by atoms with Crippen LogP contribution in [0.5, 0.6) is 0 Å². The van der Waals surface area contributed by atoms with Crippen LogP contribution in [0.2, 0.25) is 0 Å². The van der Waals surface area contributed by atoms with Crippen molar-refractivity contribution in [1.29, 1.82) is 0 Å². The highest BCUT2D eigenvalue weighted by Gasteiger charge is 2.46. The van der Waals surface area contributed by atoms with Gasteiger partial charge in [-0.25, -0.2) is 0 Å². The Morgan fingerprint density at radius 2 is 1.50 bits per heavy atom. The molecule has 0 spiro atoms. The first kappa shape index (κ1) is 9.56. The zero-order valence-corrected chi connectivity index (χ0v) is 6.16. The van der Waals surface area contributed by atoms with Gasteiger partial charge in [-0.1, -0.05) is 0 Å². The Labute approximate surface area is 68.2 Å². The number of carbonyl (C=O) groups is 1. The van der Waals surface area contributed by atoms with Gasteiger partial charge in [0.25, 0.3) is 0 Å². The molecule has 0 radical (unpaired) electrons. The molecule has 5 atom stereocenters. The van der Waals surface area contributed by atoms with Crippen LogP contribution in [0.25, 0.3) is 0 Å². The largest absolute Gasteiger partial charge is 0.389 e. The molecule has 0 unspecified atom stereocenters. The molecular weight excluding hydrogens is 166 g/mol. The highest BCUT2D eigenvalue weighted by atomic mass is 16.4. The van der Waals surface area contributed by atoms with Gasteiger partial charge in [-0.3, -0.25) is 4.79 Å². The minimum atomic E-state index is -1.75. The maximum atomic E-state index is 10.8. The lowest BCUT2D eigenvalue weighted by Crippen LogP contribution is -2.64. The maximum absolute atomic E-state index is 10.8. The number of rotatable bonds is 0. The van der Waals surface area contributed by atoms with E-state index in [1.807, 2.05) is 0 Å². The van der Waals surface area contributed by atoms with Crippen molar-refractivity contribution in [2.45, 2.75) is 30.5 Å². The van der Waals surface area contributed by atoms with Crippen molar-refractivity contribution < 1.29 is 25.2 Å². The van der Waals surface area contributed by atoms with E-state index in [2.05, 4.69) is 0 Å². The molecule has 0 aliphatic heterocycles. The van der Waals surface area contributed by atoms with Crippen LogP contribution in [-0.4, -0.2) is 56.7 Å². The highest BCUT2D eigenvalue weighted by Crippen LogP contribution is 2.16. The summed E-state index contributed by atoms with van der Waals surface area (Å²) in [5.41, 5.74) is 5.17. The van der Waals surface area contributed by atoms with Crippen LogP contribution >= 0.6 is 0 Å². The zero-order valence-electron chi connectivity index (χ0n) is 6.16. The van der Waals surface area contributed by atoms with Gasteiger partial charge in [0.1, 0.15) is 24.4 Å². The number of ketones is 1. The molecule has 0 amide bonds. The average Bonchev–Trinajstić information content (AvgIpc) is 2.08. The quantitative estimate of drug-likeness (QED) is 0.260. The Hall–Kier alpha value is -0.530. The molecule has 6 heteroatoms.